The third-order valence-corrected chi connectivity index (χ3v) is 2.80. The highest BCUT2D eigenvalue weighted by Gasteiger charge is 2.09. The van der Waals surface area contributed by atoms with E-state index in [2.05, 4.69) is 27.5 Å². The summed E-state index contributed by atoms with van der Waals surface area (Å²) >= 11 is 0. The fraction of sp³-hybridized carbons (Fsp3) is 0.643. The lowest BCUT2D eigenvalue weighted by Gasteiger charge is -2.12. The first-order chi connectivity index (χ1) is 9.43. The molecule has 112 valence electrons. The van der Waals surface area contributed by atoms with Crippen LogP contribution < -0.4 is 16.4 Å². The van der Waals surface area contributed by atoms with Gasteiger partial charge in [0, 0.05) is 31.0 Å². The van der Waals surface area contributed by atoms with Gasteiger partial charge in [0.25, 0.3) is 0 Å². The van der Waals surface area contributed by atoms with Gasteiger partial charge in [-0.15, -0.1) is 0 Å². The highest BCUT2D eigenvalue weighted by molar-refractivity contribution is 5.76. The Balaban J connectivity index is 2.61. The Labute approximate surface area is 120 Å². The highest BCUT2D eigenvalue weighted by Crippen LogP contribution is 2.17. The minimum atomic E-state index is 0.0287. The molecular formula is C14H25N5O. The van der Waals surface area contributed by atoms with Crippen molar-refractivity contribution in [1.82, 2.24) is 15.3 Å². The van der Waals surface area contributed by atoms with Crippen LogP contribution in [0.2, 0.25) is 0 Å². The molecule has 0 saturated carbocycles. The van der Waals surface area contributed by atoms with Crippen LogP contribution in [0.1, 0.15) is 45.0 Å². The van der Waals surface area contributed by atoms with E-state index in [4.69, 9.17) is 5.73 Å². The Hall–Kier alpha value is -1.85. The SMILES string of the molecule is CCCc1nc(N)c(C)c(NCCC(=O)NC(C)C)n1. The number of nitrogens with one attached hydrogen (secondary N) is 2. The molecule has 0 aliphatic heterocycles. The number of hydrogen-bond acceptors (Lipinski definition) is 5. The van der Waals surface area contributed by atoms with E-state index < -0.39 is 0 Å². The summed E-state index contributed by atoms with van der Waals surface area (Å²) in [4.78, 5) is 20.3. The van der Waals surface area contributed by atoms with Gasteiger partial charge in [0.2, 0.25) is 5.91 Å². The number of amides is 1. The molecule has 0 spiro atoms. The number of nitrogens with two attached hydrogens (primary N) is 1. The lowest BCUT2D eigenvalue weighted by atomic mass is 10.2. The van der Waals surface area contributed by atoms with E-state index in [-0.39, 0.29) is 11.9 Å². The summed E-state index contributed by atoms with van der Waals surface area (Å²) in [6, 6.07) is 0.162. The normalized spacial score (nSPS) is 10.7. The van der Waals surface area contributed by atoms with Crippen LogP contribution in [0.5, 0.6) is 0 Å². The van der Waals surface area contributed by atoms with Gasteiger partial charge in [-0.2, -0.15) is 0 Å². The second kappa shape index (κ2) is 7.67. The summed E-state index contributed by atoms with van der Waals surface area (Å²) in [6.45, 7) is 8.36. The van der Waals surface area contributed by atoms with E-state index in [0.29, 0.717) is 18.8 Å². The van der Waals surface area contributed by atoms with Crippen LogP contribution in [-0.2, 0) is 11.2 Å². The zero-order valence-electron chi connectivity index (χ0n) is 12.8. The van der Waals surface area contributed by atoms with E-state index in [0.717, 1.165) is 30.0 Å². The third-order valence-electron chi connectivity index (χ3n) is 2.80. The monoisotopic (exact) mass is 279 g/mol. The predicted octanol–water partition coefficient (Wildman–Crippen LogP) is 1.65. The Kier molecular flexibility index (Phi) is 6.21. The van der Waals surface area contributed by atoms with E-state index in [1.807, 2.05) is 20.8 Å². The lowest BCUT2D eigenvalue weighted by Crippen LogP contribution is -2.31. The number of aryl methyl sites for hydroxylation is 1. The summed E-state index contributed by atoms with van der Waals surface area (Å²) in [7, 11) is 0. The molecule has 0 unspecified atom stereocenters. The first-order valence-electron chi connectivity index (χ1n) is 7.10. The second-order valence-electron chi connectivity index (χ2n) is 5.15. The van der Waals surface area contributed by atoms with Crippen LogP contribution in [0, 0.1) is 6.92 Å². The summed E-state index contributed by atoms with van der Waals surface area (Å²) in [5.74, 6) is 1.99. The maximum atomic E-state index is 11.6. The molecule has 0 fully saturated rings. The highest BCUT2D eigenvalue weighted by atomic mass is 16.1. The van der Waals surface area contributed by atoms with Gasteiger partial charge in [-0.25, -0.2) is 9.97 Å². The minimum absolute atomic E-state index is 0.0287. The largest absolute Gasteiger partial charge is 0.383 e. The number of anilines is 2. The third kappa shape index (κ3) is 5.03. The van der Waals surface area contributed by atoms with Crippen LogP contribution >= 0.6 is 0 Å². The number of hydrogen-bond donors (Lipinski definition) is 3. The number of carbonyl (C=O) groups is 1. The van der Waals surface area contributed by atoms with Gasteiger partial charge in [0.05, 0.1) is 0 Å². The van der Waals surface area contributed by atoms with Crippen molar-refractivity contribution in [2.45, 2.75) is 53.0 Å². The first kappa shape index (κ1) is 16.2. The number of rotatable bonds is 7. The zero-order valence-corrected chi connectivity index (χ0v) is 12.8. The van der Waals surface area contributed by atoms with Crippen molar-refractivity contribution in [1.29, 1.82) is 0 Å². The molecule has 4 N–H and O–H groups in total. The molecule has 6 nitrogen and oxygen atoms in total. The fourth-order valence-electron chi connectivity index (χ4n) is 1.78. The van der Waals surface area contributed by atoms with Gasteiger partial charge in [-0.05, 0) is 27.2 Å². The molecule has 0 aliphatic rings. The van der Waals surface area contributed by atoms with Gasteiger partial charge in [-0.3, -0.25) is 4.79 Å². The number of carbonyl (C=O) groups excluding carboxylic acids is 1. The van der Waals surface area contributed by atoms with E-state index in [9.17, 15) is 4.79 Å². The van der Waals surface area contributed by atoms with Gasteiger partial charge < -0.3 is 16.4 Å². The number of nitrogens with zero attached hydrogens (tertiary/aromatic N) is 2. The summed E-state index contributed by atoms with van der Waals surface area (Å²) < 4.78 is 0. The Morgan fingerprint density at radius 3 is 2.65 bits per heavy atom. The summed E-state index contributed by atoms with van der Waals surface area (Å²) in [5, 5.41) is 6.02. The van der Waals surface area contributed by atoms with Crippen molar-refractivity contribution >= 4 is 17.5 Å². The van der Waals surface area contributed by atoms with Gasteiger partial charge >= 0.3 is 0 Å². The molecule has 6 heteroatoms. The predicted molar refractivity (Wildman–Crippen MR) is 81.6 cm³/mol. The zero-order chi connectivity index (χ0) is 15.1. The molecule has 0 aromatic carbocycles. The lowest BCUT2D eigenvalue weighted by molar-refractivity contribution is -0.121. The van der Waals surface area contributed by atoms with Crippen molar-refractivity contribution in [3.63, 3.8) is 0 Å². The molecule has 0 aliphatic carbocycles. The number of aromatic nitrogens is 2. The fourth-order valence-corrected chi connectivity index (χ4v) is 1.78. The molecule has 0 bridgehead atoms. The molecule has 1 heterocycles. The molecule has 0 saturated heterocycles. The van der Waals surface area contributed by atoms with Crippen molar-refractivity contribution in [2.24, 2.45) is 0 Å². The molecular weight excluding hydrogens is 254 g/mol. The standard InChI is InChI=1S/C14H25N5O/c1-5-6-11-18-13(15)10(4)14(19-11)16-8-7-12(20)17-9(2)3/h9H,5-8H2,1-4H3,(H,17,20)(H3,15,16,18,19). The van der Waals surface area contributed by atoms with Crippen LogP contribution in [0.4, 0.5) is 11.6 Å². The average Bonchev–Trinajstić information content (AvgIpc) is 2.34. The van der Waals surface area contributed by atoms with E-state index in [1.165, 1.54) is 0 Å². The maximum absolute atomic E-state index is 11.6. The molecule has 0 radical (unpaired) electrons. The van der Waals surface area contributed by atoms with Crippen molar-refractivity contribution in [3.05, 3.63) is 11.4 Å². The second-order valence-corrected chi connectivity index (χ2v) is 5.15. The Morgan fingerprint density at radius 1 is 1.35 bits per heavy atom. The number of nitrogen functional groups attached to an aromatic ring is 1. The van der Waals surface area contributed by atoms with Gasteiger partial charge in [0.15, 0.2) is 0 Å². The smallest absolute Gasteiger partial charge is 0.221 e. The molecule has 1 aromatic rings. The Morgan fingerprint density at radius 2 is 2.05 bits per heavy atom. The Bertz CT molecular complexity index is 459. The molecule has 1 rings (SSSR count). The molecule has 1 amide bonds. The van der Waals surface area contributed by atoms with Crippen LogP contribution in [-0.4, -0.2) is 28.5 Å². The summed E-state index contributed by atoms with van der Waals surface area (Å²) in [5.41, 5.74) is 6.71. The quantitative estimate of drug-likeness (QED) is 0.705. The molecule has 1 aromatic heterocycles. The first-order valence-corrected chi connectivity index (χ1v) is 7.10. The topological polar surface area (TPSA) is 92.9 Å². The van der Waals surface area contributed by atoms with Gasteiger partial charge in [-0.1, -0.05) is 6.92 Å². The van der Waals surface area contributed by atoms with Crippen molar-refractivity contribution in [2.75, 3.05) is 17.6 Å². The van der Waals surface area contributed by atoms with Crippen LogP contribution in [0.25, 0.3) is 0 Å². The van der Waals surface area contributed by atoms with Crippen LogP contribution in [0.15, 0.2) is 0 Å². The summed E-state index contributed by atoms with van der Waals surface area (Å²) in [6.07, 6.45) is 2.18. The van der Waals surface area contributed by atoms with Gasteiger partial charge in [0.1, 0.15) is 17.5 Å². The molecule has 20 heavy (non-hydrogen) atoms. The van der Waals surface area contributed by atoms with Crippen molar-refractivity contribution < 1.29 is 4.79 Å². The van der Waals surface area contributed by atoms with E-state index in [1.54, 1.807) is 0 Å². The maximum Gasteiger partial charge on any atom is 0.221 e. The van der Waals surface area contributed by atoms with Crippen LogP contribution in [0.3, 0.4) is 0 Å². The average molecular weight is 279 g/mol. The van der Waals surface area contributed by atoms with Crippen molar-refractivity contribution in [3.8, 4) is 0 Å². The molecule has 0 atom stereocenters. The minimum Gasteiger partial charge on any atom is -0.383 e. The van der Waals surface area contributed by atoms with E-state index >= 15 is 0 Å².